The van der Waals surface area contributed by atoms with Crippen LogP contribution in [0.1, 0.15) is 5.56 Å². The molecule has 1 aromatic carbocycles. The normalized spacial score (nSPS) is 11.3. The first-order valence-electron chi connectivity index (χ1n) is 8.82. The Labute approximate surface area is 159 Å². The third-order valence-corrected chi connectivity index (χ3v) is 4.80. The van der Waals surface area contributed by atoms with Gasteiger partial charge in [0.15, 0.2) is 11.5 Å². The van der Waals surface area contributed by atoms with Crippen molar-refractivity contribution >= 4 is 22.5 Å². The first kappa shape index (κ1) is 16.2. The Morgan fingerprint density at radius 1 is 0.964 bits per heavy atom. The van der Waals surface area contributed by atoms with Crippen molar-refractivity contribution in [2.45, 2.75) is 6.54 Å². The van der Waals surface area contributed by atoms with Crippen LogP contribution in [-0.4, -0.2) is 23.9 Å². The first-order valence-corrected chi connectivity index (χ1v) is 8.82. The zero-order valence-electron chi connectivity index (χ0n) is 14.9. The SMILES string of the molecule is Nc1ncnc2c1ncn2Cc1cc2ccccn2c(=O)c1-c1ccccc1. The number of benzene rings is 1. The second-order valence-electron chi connectivity index (χ2n) is 6.51. The van der Waals surface area contributed by atoms with E-state index in [0.717, 1.165) is 16.6 Å². The number of hydrogen-bond donors (Lipinski definition) is 1. The lowest BCUT2D eigenvalue weighted by molar-refractivity contribution is 0.811. The van der Waals surface area contributed by atoms with Gasteiger partial charge in [-0.1, -0.05) is 36.4 Å². The maximum atomic E-state index is 13.3. The summed E-state index contributed by atoms with van der Waals surface area (Å²) in [6.45, 7) is 0.442. The van der Waals surface area contributed by atoms with Crippen molar-refractivity contribution in [3.8, 4) is 11.1 Å². The Morgan fingerprint density at radius 3 is 2.64 bits per heavy atom. The molecule has 0 aliphatic heterocycles. The maximum Gasteiger partial charge on any atom is 0.263 e. The molecule has 5 rings (SSSR count). The molecule has 4 aromatic heterocycles. The third-order valence-electron chi connectivity index (χ3n) is 4.80. The topological polar surface area (TPSA) is 91.1 Å². The lowest BCUT2D eigenvalue weighted by Gasteiger charge is -2.13. The molecule has 0 spiro atoms. The molecule has 0 fully saturated rings. The summed E-state index contributed by atoms with van der Waals surface area (Å²) in [5.41, 5.74) is 10.3. The van der Waals surface area contributed by atoms with Gasteiger partial charge in [0.2, 0.25) is 0 Å². The van der Waals surface area contributed by atoms with Crippen LogP contribution in [0.15, 0.2) is 78.2 Å². The highest BCUT2D eigenvalue weighted by Gasteiger charge is 2.15. The highest BCUT2D eigenvalue weighted by atomic mass is 16.1. The Bertz CT molecular complexity index is 1370. The molecule has 7 nitrogen and oxygen atoms in total. The van der Waals surface area contributed by atoms with E-state index in [9.17, 15) is 4.79 Å². The van der Waals surface area contributed by atoms with E-state index in [1.807, 2.05) is 59.2 Å². The fourth-order valence-electron chi connectivity index (χ4n) is 3.50. The van der Waals surface area contributed by atoms with Crippen LogP contribution in [0, 0.1) is 0 Å². The maximum absolute atomic E-state index is 13.3. The van der Waals surface area contributed by atoms with Gasteiger partial charge in [-0.3, -0.25) is 9.20 Å². The van der Waals surface area contributed by atoms with Gasteiger partial charge in [-0.25, -0.2) is 15.0 Å². The van der Waals surface area contributed by atoms with Crippen molar-refractivity contribution in [1.29, 1.82) is 0 Å². The Kier molecular flexibility index (Phi) is 3.65. The smallest absolute Gasteiger partial charge is 0.263 e. The fraction of sp³-hybridized carbons (Fsp3) is 0.0476. The van der Waals surface area contributed by atoms with Crippen LogP contribution in [0.4, 0.5) is 5.82 Å². The van der Waals surface area contributed by atoms with Gasteiger partial charge in [0.25, 0.3) is 5.56 Å². The standard InChI is InChI=1S/C21H16N6O/c22-19-18-20(24-12-23-19)26(13-25-18)11-15-10-16-8-4-5-9-27(16)21(28)17(15)14-6-2-1-3-7-14/h1-10,12-13H,11H2,(H2,22,23,24). The number of rotatable bonds is 3. The third kappa shape index (κ3) is 2.52. The molecule has 2 N–H and O–H groups in total. The van der Waals surface area contributed by atoms with Gasteiger partial charge in [0.05, 0.1) is 18.4 Å². The van der Waals surface area contributed by atoms with Gasteiger partial charge in [0.1, 0.15) is 11.8 Å². The molecule has 7 heteroatoms. The van der Waals surface area contributed by atoms with Crippen molar-refractivity contribution in [3.05, 3.63) is 89.4 Å². The van der Waals surface area contributed by atoms with Crippen LogP contribution in [0.5, 0.6) is 0 Å². The van der Waals surface area contributed by atoms with E-state index in [1.165, 1.54) is 6.33 Å². The molecule has 0 unspecified atom stereocenters. The Hall–Kier alpha value is -4.00. The molecule has 0 atom stereocenters. The van der Waals surface area contributed by atoms with Crippen molar-refractivity contribution in [3.63, 3.8) is 0 Å². The van der Waals surface area contributed by atoms with E-state index < -0.39 is 0 Å². The molecule has 0 bridgehead atoms. The molecule has 28 heavy (non-hydrogen) atoms. The number of hydrogen-bond acceptors (Lipinski definition) is 5. The molecule has 0 aliphatic rings. The predicted octanol–water partition coefficient (Wildman–Crippen LogP) is 2.74. The fourth-order valence-corrected chi connectivity index (χ4v) is 3.50. The average Bonchev–Trinajstić information content (AvgIpc) is 3.13. The zero-order valence-corrected chi connectivity index (χ0v) is 14.9. The summed E-state index contributed by atoms with van der Waals surface area (Å²) in [5, 5.41) is 0. The quantitative estimate of drug-likeness (QED) is 0.529. The predicted molar refractivity (Wildman–Crippen MR) is 108 cm³/mol. The average molecular weight is 368 g/mol. The van der Waals surface area contributed by atoms with Crippen molar-refractivity contribution in [1.82, 2.24) is 23.9 Å². The van der Waals surface area contributed by atoms with Crippen LogP contribution in [0.3, 0.4) is 0 Å². The molecule has 0 amide bonds. The molecule has 0 radical (unpaired) electrons. The van der Waals surface area contributed by atoms with Crippen LogP contribution < -0.4 is 11.3 Å². The minimum atomic E-state index is -0.0575. The number of nitrogens with zero attached hydrogens (tertiary/aromatic N) is 5. The molecular formula is C21H16N6O. The van der Waals surface area contributed by atoms with Gasteiger partial charge < -0.3 is 10.3 Å². The highest BCUT2D eigenvalue weighted by Crippen LogP contribution is 2.24. The monoisotopic (exact) mass is 368 g/mol. The number of nitrogen functional groups attached to an aromatic ring is 1. The first-order chi connectivity index (χ1) is 13.7. The summed E-state index contributed by atoms with van der Waals surface area (Å²) in [7, 11) is 0. The van der Waals surface area contributed by atoms with E-state index in [0.29, 0.717) is 29.1 Å². The summed E-state index contributed by atoms with van der Waals surface area (Å²) in [6.07, 6.45) is 4.88. The van der Waals surface area contributed by atoms with Gasteiger partial charge in [-0.15, -0.1) is 0 Å². The van der Waals surface area contributed by atoms with Crippen LogP contribution in [0.2, 0.25) is 0 Å². The van der Waals surface area contributed by atoms with Gasteiger partial charge in [-0.2, -0.15) is 0 Å². The Balaban J connectivity index is 1.76. The summed E-state index contributed by atoms with van der Waals surface area (Å²) < 4.78 is 3.55. The van der Waals surface area contributed by atoms with Crippen LogP contribution in [0.25, 0.3) is 27.8 Å². The summed E-state index contributed by atoms with van der Waals surface area (Å²) in [4.78, 5) is 25.9. The molecule has 0 saturated carbocycles. The van der Waals surface area contributed by atoms with E-state index in [-0.39, 0.29) is 5.56 Å². The van der Waals surface area contributed by atoms with Crippen molar-refractivity contribution < 1.29 is 0 Å². The number of aromatic nitrogens is 5. The number of anilines is 1. The minimum absolute atomic E-state index is 0.0575. The van der Waals surface area contributed by atoms with E-state index in [4.69, 9.17) is 5.73 Å². The summed E-state index contributed by atoms with van der Waals surface area (Å²) >= 11 is 0. The minimum Gasteiger partial charge on any atom is -0.382 e. The van der Waals surface area contributed by atoms with Crippen molar-refractivity contribution in [2.75, 3.05) is 5.73 Å². The summed E-state index contributed by atoms with van der Waals surface area (Å²) in [6, 6.07) is 17.4. The van der Waals surface area contributed by atoms with Gasteiger partial charge >= 0.3 is 0 Å². The number of nitrogens with two attached hydrogens (primary N) is 1. The number of pyridine rings is 2. The molecule has 4 heterocycles. The molecule has 5 aromatic rings. The lowest BCUT2D eigenvalue weighted by Crippen LogP contribution is -2.19. The largest absolute Gasteiger partial charge is 0.382 e. The van der Waals surface area contributed by atoms with E-state index in [2.05, 4.69) is 15.0 Å². The highest BCUT2D eigenvalue weighted by molar-refractivity contribution is 5.81. The molecule has 136 valence electrons. The van der Waals surface area contributed by atoms with Crippen LogP contribution >= 0.6 is 0 Å². The van der Waals surface area contributed by atoms with E-state index in [1.54, 1.807) is 16.9 Å². The lowest BCUT2D eigenvalue weighted by atomic mass is 10.0. The molecule has 0 aliphatic carbocycles. The van der Waals surface area contributed by atoms with Crippen LogP contribution in [-0.2, 0) is 6.54 Å². The van der Waals surface area contributed by atoms with E-state index >= 15 is 0 Å². The second kappa shape index (κ2) is 6.31. The zero-order chi connectivity index (χ0) is 19.1. The van der Waals surface area contributed by atoms with Gasteiger partial charge in [-0.05, 0) is 29.3 Å². The molecular weight excluding hydrogens is 352 g/mol. The second-order valence-corrected chi connectivity index (χ2v) is 6.51. The Morgan fingerprint density at radius 2 is 1.79 bits per heavy atom. The number of fused-ring (bicyclic) bond motifs is 2. The van der Waals surface area contributed by atoms with Gasteiger partial charge in [0, 0.05) is 11.7 Å². The summed E-state index contributed by atoms with van der Waals surface area (Å²) in [5.74, 6) is 0.339. The van der Waals surface area contributed by atoms with Crippen molar-refractivity contribution in [2.24, 2.45) is 0 Å². The molecule has 0 saturated heterocycles. The number of imidazole rings is 1.